The van der Waals surface area contributed by atoms with E-state index in [2.05, 4.69) is 34.9 Å². The molecule has 11 heteroatoms. The van der Waals surface area contributed by atoms with Gasteiger partial charge in [0.25, 0.3) is 0 Å². The molecular formula is C41H46ClN5O5. The number of fused-ring (bicyclic) bond motifs is 1. The highest BCUT2D eigenvalue weighted by molar-refractivity contribution is 6.36. The number of nitrogens with zero attached hydrogens (tertiary/aromatic N) is 3. The van der Waals surface area contributed by atoms with E-state index in [1.165, 1.54) is 5.56 Å². The third-order valence-corrected chi connectivity index (χ3v) is 11.0. The number of halogens is 1. The number of aryl methyl sites for hydroxylation is 2. The predicted octanol–water partition coefficient (Wildman–Crippen LogP) is 7.31. The number of ether oxygens (including phenoxy) is 3. The number of benzene rings is 2. The number of pyridine rings is 1. The number of rotatable bonds is 14. The number of carbonyl (C=O) groups is 2. The Morgan fingerprint density at radius 2 is 1.67 bits per heavy atom. The molecule has 1 aliphatic heterocycles. The van der Waals surface area contributed by atoms with E-state index in [0.29, 0.717) is 66.6 Å². The van der Waals surface area contributed by atoms with Gasteiger partial charge in [0.2, 0.25) is 23.5 Å². The van der Waals surface area contributed by atoms with Gasteiger partial charge in [0.05, 0.1) is 30.6 Å². The van der Waals surface area contributed by atoms with Crippen molar-refractivity contribution in [3.05, 3.63) is 81.6 Å². The standard InChI is InChI=1S/C41H46ClN5O5/c1-24-39(47-41(51-3)35(44-24)12-4-7-27-15-20-37(49)45-27)52-36-19-17-30-29(8-5-9-31(30)36)32-10-6-11-33(38(32)42)34-18-14-26(40(46-34)50-2)23-43-22-25-13-16-28(48)21-25/h5-6,8-11,14,18,25,27,36,43H,4,7,12-13,15-17,19-23H2,1-3H3,(H,45,49)/t25-,27-,36+/m1/s1. The molecule has 272 valence electrons. The lowest BCUT2D eigenvalue weighted by molar-refractivity contribution is -0.119. The summed E-state index contributed by atoms with van der Waals surface area (Å²) in [5, 5.41) is 7.14. The SMILES string of the molecule is COc1nc(-c2cccc(-c3cccc4c3CC[C@@H]4Oc3nc(OC)c(CCC[C@@H]4CCC(=O)N4)nc3C)c2Cl)ccc1CNC[C@@H]1CCC(=O)C1. The smallest absolute Gasteiger partial charge is 0.239 e. The Balaban J connectivity index is 1.06. The summed E-state index contributed by atoms with van der Waals surface area (Å²) in [5.74, 6) is 2.39. The predicted molar refractivity (Wildman–Crippen MR) is 200 cm³/mol. The van der Waals surface area contributed by atoms with Gasteiger partial charge in [-0.15, -0.1) is 0 Å². The molecule has 2 aliphatic carbocycles. The van der Waals surface area contributed by atoms with Crippen molar-refractivity contribution in [3.8, 4) is 40.0 Å². The summed E-state index contributed by atoms with van der Waals surface area (Å²) in [4.78, 5) is 37.7. The topological polar surface area (TPSA) is 125 Å². The first-order chi connectivity index (χ1) is 25.3. The highest BCUT2D eigenvalue weighted by atomic mass is 35.5. The second kappa shape index (κ2) is 16.0. The van der Waals surface area contributed by atoms with E-state index in [4.69, 9.17) is 40.8 Å². The van der Waals surface area contributed by atoms with Gasteiger partial charge in [-0.25, -0.2) is 9.97 Å². The average molecular weight is 724 g/mol. The van der Waals surface area contributed by atoms with Crippen LogP contribution < -0.4 is 24.8 Å². The fraction of sp³-hybridized carbons (Fsp3) is 0.439. The summed E-state index contributed by atoms with van der Waals surface area (Å²) in [6.45, 7) is 3.33. The van der Waals surface area contributed by atoms with E-state index < -0.39 is 0 Å². The van der Waals surface area contributed by atoms with Crippen molar-refractivity contribution < 1.29 is 23.8 Å². The third-order valence-electron chi connectivity index (χ3n) is 10.6. The Kier molecular flexibility index (Phi) is 11.0. The number of methoxy groups -OCH3 is 2. The molecule has 3 atom stereocenters. The summed E-state index contributed by atoms with van der Waals surface area (Å²) in [6.07, 6.45) is 7.76. The van der Waals surface area contributed by atoms with E-state index >= 15 is 0 Å². The summed E-state index contributed by atoms with van der Waals surface area (Å²) < 4.78 is 17.9. The molecule has 1 amide bonds. The van der Waals surface area contributed by atoms with Crippen LogP contribution in [0.4, 0.5) is 0 Å². The number of carbonyl (C=O) groups excluding carboxylic acids is 2. The van der Waals surface area contributed by atoms with Gasteiger partial charge in [0.15, 0.2) is 0 Å². The Bertz CT molecular complexity index is 1970. The summed E-state index contributed by atoms with van der Waals surface area (Å²) in [7, 11) is 3.24. The second-order valence-electron chi connectivity index (χ2n) is 14.1. The van der Waals surface area contributed by atoms with Crippen LogP contribution in [0.1, 0.15) is 85.5 Å². The Morgan fingerprint density at radius 1 is 0.865 bits per heavy atom. The van der Waals surface area contributed by atoms with Crippen LogP contribution in [0.5, 0.6) is 17.6 Å². The molecule has 3 aliphatic rings. The van der Waals surface area contributed by atoms with Gasteiger partial charge in [-0.2, -0.15) is 4.98 Å². The first-order valence-corrected chi connectivity index (χ1v) is 18.7. The molecule has 52 heavy (non-hydrogen) atoms. The molecule has 0 bridgehead atoms. The zero-order chi connectivity index (χ0) is 36.2. The molecule has 7 rings (SSSR count). The van der Waals surface area contributed by atoms with Crippen molar-refractivity contribution in [2.45, 2.75) is 89.8 Å². The van der Waals surface area contributed by atoms with E-state index in [1.807, 2.05) is 31.2 Å². The van der Waals surface area contributed by atoms with E-state index in [0.717, 1.165) is 90.0 Å². The highest BCUT2D eigenvalue weighted by Crippen LogP contribution is 2.44. The minimum absolute atomic E-state index is 0.136. The van der Waals surface area contributed by atoms with Gasteiger partial charge < -0.3 is 24.8 Å². The highest BCUT2D eigenvalue weighted by Gasteiger charge is 2.29. The Labute approximate surface area is 310 Å². The van der Waals surface area contributed by atoms with Crippen LogP contribution in [-0.4, -0.2) is 53.4 Å². The van der Waals surface area contributed by atoms with E-state index in [9.17, 15) is 9.59 Å². The third kappa shape index (κ3) is 7.78. The Hall–Kier alpha value is -4.54. The van der Waals surface area contributed by atoms with Crippen molar-refractivity contribution in [1.29, 1.82) is 0 Å². The Morgan fingerprint density at radius 3 is 2.44 bits per heavy atom. The normalized spacial score (nSPS) is 19.5. The van der Waals surface area contributed by atoms with Crippen molar-refractivity contribution in [2.24, 2.45) is 5.92 Å². The van der Waals surface area contributed by atoms with Gasteiger partial charge >= 0.3 is 0 Å². The number of hydrogen-bond donors (Lipinski definition) is 2. The largest absolute Gasteiger partial charge is 0.481 e. The maximum atomic E-state index is 11.6. The molecule has 0 radical (unpaired) electrons. The minimum atomic E-state index is -0.187. The van der Waals surface area contributed by atoms with Crippen LogP contribution in [0.3, 0.4) is 0 Å². The summed E-state index contributed by atoms with van der Waals surface area (Å²) in [5.41, 5.74) is 8.37. The lowest BCUT2D eigenvalue weighted by Gasteiger charge is -2.18. The van der Waals surface area contributed by atoms with Crippen molar-refractivity contribution in [3.63, 3.8) is 0 Å². The summed E-state index contributed by atoms with van der Waals surface area (Å²) in [6, 6.07) is 16.6. The van der Waals surface area contributed by atoms with Gasteiger partial charge in [0.1, 0.15) is 17.6 Å². The molecule has 10 nitrogen and oxygen atoms in total. The van der Waals surface area contributed by atoms with Crippen LogP contribution in [0, 0.1) is 12.8 Å². The van der Waals surface area contributed by atoms with Gasteiger partial charge in [-0.05, 0) is 87.1 Å². The first kappa shape index (κ1) is 35.8. The molecule has 0 unspecified atom stereocenters. The maximum Gasteiger partial charge on any atom is 0.239 e. The van der Waals surface area contributed by atoms with Crippen LogP contribution >= 0.6 is 11.6 Å². The quantitative estimate of drug-likeness (QED) is 0.138. The fourth-order valence-electron chi connectivity index (χ4n) is 7.85. The molecule has 2 fully saturated rings. The number of amides is 1. The van der Waals surface area contributed by atoms with Crippen molar-refractivity contribution in [2.75, 3.05) is 20.8 Å². The number of aromatic nitrogens is 3. The molecule has 1 saturated heterocycles. The zero-order valence-corrected chi connectivity index (χ0v) is 30.9. The molecule has 0 spiro atoms. The molecule has 4 aromatic rings. The van der Waals surface area contributed by atoms with Gasteiger partial charge in [0, 0.05) is 48.5 Å². The molecule has 2 aromatic heterocycles. The monoisotopic (exact) mass is 723 g/mol. The second-order valence-corrected chi connectivity index (χ2v) is 14.5. The number of Topliss-reactive ketones (excluding diaryl/α,β-unsaturated/α-hetero) is 1. The lowest BCUT2D eigenvalue weighted by Crippen LogP contribution is -2.25. The van der Waals surface area contributed by atoms with Crippen LogP contribution in [0.25, 0.3) is 22.4 Å². The average Bonchev–Trinajstić information content (AvgIpc) is 3.89. The number of nitrogens with one attached hydrogen (secondary N) is 2. The van der Waals surface area contributed by atoms with Crippen LogP contribution in [0.15, 0.2) is 48.5 Å². The molecular weight excluding hydrogens is 678 g/mol. The number of ketones is 1. The van der Waals surface area contributed by atoms with E-state index in [-0.39, 0.29) is 18.1 Å². The summed E-state index contributed by atoms with van der Waals surface area (Å²) >= 11 is 7.19. The molecule has 2 N–H and O–H groups in total. The zero-order valence-electron chi connectivity index (χ0n) is 30.1. The fourth-order valence-corrected chi connectivity index (χ4v) is 8.18. The van der Waals surface area contributed by atoms with Crippen molar-refractivity contribution >= 4 is 23.3 Å². The van der Waals surface area contributed by atoms with Crippen molar-refractivity contribution in [1.82, 2.24) is 25.6 Å². The van der Waals surface area contributed by atoms with Crippen LogP contribution in [-0.2, 0) is 29.0 Å². The van der Waals surface area contributed by atoms with Gasteiger partial charge in [-0.3, -0.25) is 9.59 Å². The molecule has 1 saturated carbocycles. The van der Waals surface area contributed by atoms with Gasteiger partial charge in [-0.1, -0.05) is 54.1 Å². The molecule has 3 heterocycles. The maximum absolute atomic E-state index is 11.6. The first-order valence-electron chi connectivity index (χ1n) is 18.4. The molecule has 2 aromatic carbocycles. The lowest BCUT2D eigenvalue weighted by atomic mass is 9.94. The number of hydrogen-bond acceptors (Lipinski definition) is 9. The van der Waals surface area contributed by atoms with E-state index in [1.54, 1.807) is 14.2 Å². The minimum Gasteiger partial charge on any atom is -0.481 e. The van der Waals surface area contributed by atoms with Crippen LogP contribution in [0.2, 0.25) is 5.02 Å².